The van der Waals surface area contributed by atoms with Crippen molar-refractivity contribution in [1.82, 2.24) is 14.8 Å². The number of hydrogen-bond acceptors (Lipinski definition) is 5. The van der Waals surface area contributed by atoms with Gasteiger partial charge in [0.05, 0.1) is 12.8 Å². The molecular weight excluding hydrogens is 320 g/mol. The summed E-state index contributed by atoms with van der Waals surface area (Å²) in [6, 6.07) is 12.4. The summed E-state index contributed by atoms with van der Waals surface area (Å²) in [4.78, 5) is 26.0. The van der Waals surface area contributed by atoms with Crippen LogP contribution >= 0.6 is 0 Å². The molecule has 0 aliphatic carbocycles. The van der Waals surface area contributed by atoms with Gasteiger partial charge in [-0.2, -0.15) is 10.4 Å². The van der Waals surface area contributed by atoms with Crippen LogP contribution in [0.1, 0.15) is 21.7 Å². The van der Waals surface area contributed by atoms with Crippen LogP contribution in [0.4, 0.5) is 0 Å². The molecule has 0 aliphatic heterocycles. The standard InChI is InChI=1S/C18H14N4O3/c1-11-9-14(15(10-19)17(23)20-11)12-3-5-13(6-4-12)22-8-7-16(21-22)18(24)25-2/h3-9H,1-2H3,(H,20,23). The summed E-state index contributed by atoms with van der Waals surface area (Å²) in [7, 11) is 1.30. The Labute approximate surface area is 143 Å². The summed E-state index contributed by atoms with van der Waals surface area (Å²) >= 11 is 0. The molecule has 2 heterocycles. The minimum atomic E-state index is -0.506. The highest BCUT2D eigenvalue weighted by Gasteiger charge is 2.12. The first-order valence-electron chi connectivity index (χ1n) is 7.42. The van der Waals surface area contributed by atoms with E-state index in [4.69, 9.17) is 0 Å². The van der Waals surface area contributed by atoms with Crippen LogP contribution in [0.25, 0.3) is 16.8 Å². The molecule has 2 aromatic heterocycles. The third-order valence-electron chi connectivity index (χ3n) is 3.71. The number of aromatic amines is 1. The first kappa shape index (κ1) is 16.2. The molecule has 0 spiro atoms. The topological polar surface area (TPSA) is 101 Å². The van der Waals surface area contributed by atoms with Gasteiger partial charge in [-0.25, -0.2) is 9.48 Å². The number of aryl methyl sites for hydroxylation is 1. The van der Waals surface area contributed by atoms with Crippen LogP contribution in [-0.4, -0.2) is 27.8 Å². The molecule has 7 heteroatoms. The molecule has 0 amide bonds. The Balaban J connectivity index is 1.99. The second kappa shape index (κ2) is 6.45. The van der Waals surface area contributed by atoms with E-state index in [1.807, 2.05) is 6.07 Å². The Morgan fingerprint density at radius 1 is 1.28 bits per heavy atom. The van der Waals surface area contributed by atoms with Gasteiger partial charge in [-0.3, -0.25) is 4.79 Å². The molecule has 0 bridgehead atoms. The summed E-state index contributed by atoms with van der Waals surface area (Å²) < 4.78 is 6.18. The number of benzene rings is 1. The first-order chi connectivity index (χ1) is 12.0. The lowest BCUT2D eigenvalue weighted by atomic mass is 10.0. The number of carbonyl (C=O) groups is 1. The van der Waals surface area contributed by atoms with Gasteiger partial charge < -0.3 is 9.72 Å². The van der Waals surface area contributed by atoms with Gasteiger partial charge >= 0.3 is 5.97 Å². The number of nitrogens with one attached hydrogen (secondary N) is 1. The average molecular weight is 334 g/mol. The van der Waals surface area contributed by atoms with Crippen molar-refractivity contribution in [2.45, 2.75) is 6.92 Å². The van der Waals surface area contributed by atoms with Crippen molar-refractivity contribution in [3.05, 3.63) is 69.9 Å². The highest BCUT2D eigenvalue weighted by atomic mass is 16.5. The van der Waals surface area contributed by atoms with Gasteiger partial charge in [0, 0.05) is 17.5 Å². The van der Waals surface area contributed by atoms with Crippen LogP contribution in [-0.2, 0) is 4.74 Å². The number of aromatic nitrogens is 3. The number of methoxy groups -OCH3 is 1. The monoisotopic (exact) mass is 334 g/mol. The fraction of sp³-hybridized carbons (Fsp3) is 0.111. The minimum absolute atomic E-state index is 0.0745. The Kier molecular flexibility index (Phi) is 4.18. The third kappa shape index (κ3) is 3.05. The fourth-order valence-electron chi connectivity index (χ4n) is 2.50. The number of esters is 1. The van der Waals surface area contributed by atoms with Crippen molar-refractivity contribution in [1.29, 1.82) is 5.26 Å². The van der Waals surface area contributed by atoms with E-state index >= 15 is 0 Å². The van der Waals surface area contributed by atoms with Crippen LogP contribution in [0, 0.1) is 18.3 Å². The number of hydrogen-bond donors (Lipinski definition) is 1. The van der Waals surface area contributed by atoms with E-state index in [0.717, 1.165) is 11.3 Å². The van der Waals surface area contributed by atoms with Crippen LogP contribution in [0.5, 0.6) is 0 Å². The fourth-order valence-corrected chi connectivity index (χ4v) is 2.50. The highest BCUT2D eigenvalue weighted by Crippen LogP contribution is 2.23. The van der Waals surface area contributed by atoms with Crippen molar-refractivity contribution < 1.29 is 9.53 Å². The summed E-state index contributed by atoms with van der Waals surface area (Å²) in [5.74, 6) is -0.506. The van der Waals surface area contributed by atoms with Gasteiger partial charge in [0.15, 0.2) is 5.69 Å². The molecule has 25 heavy (non-hydrogen) atoms. The van der Waals surface area contributed by atoms with Gasteiger partial charge in [0.2, 0.25) is 0 Å². The largest absolute Gasteiger partial charge is 0.464 e. The maximum atomic E-state index is 11.9. The number of nitriles is 1. The Morgan fingerprint density at radius 3 is 2.64 bits per heavy atom. The number of carbonyl (C=O) groups excluding carboxylic acids is 1. The van der Waals surface area contributed by atoms with Crippen molar-refractivity contribution in [3.63, 3.8) is 0 Å². The number of pyridine rings is 1. The van der Waals surface area contributed by atoms with Crippen LogP contribution in [0.15, 0.2) is 47.4 Å². The van der Waals surface area contributed by atoms with Crippen LogP contribution in [0.3, 0.4) is 0 Å². The van der Waals surface area contributed by atoms with Gasteiger partial charge in [-0.15, -0.1) is 0 Å². The van der Waals surface area contributed by atoms with Gasteiger partial charge in [0.1, 0.15) is 11.6 Å². The summed E-state index contributed by atoms with van der Waals surface area (Å²) in [5, 5.41) is 13.4. The Hall–Kier alpha value is -3.66. The second-order valence-corrected chi connectivity index (χ2v) is 5.37. The first-order valence-corrected chi connectivity index (χ1v) is 7.42. The molecule has 7 nitrogen and oxygen atoms in total. The zero-order valence-corrected chi connectivity index (χ0v) is 13.6. The SMILES string of the molecule is COC(=O)c1ccn(-c2ccc(-c3cc(C)[nH]c(=O)c3C#N)cc2)n1. The summed E-state index contributed by atoms with van der Waals surface area (Å²) in [6.07, 6.45) is 1.65. The summed E-state index contributed by atoms with van der Waals surface area (Å²) in [6.45, 7) is 1.76. The van der Waals surface area contributed by atoms with Gasteiger partial charge in [-0.05, 0) is 36.8 Å². The number of H-pyrrole nitrogens is 1. The molecule has 0 unspecified atom stereocenters. The van der Waals surface area contributed by atoms with E-state index in [9.17, 15) is 14.9 Å². The minimum Gasteiger partial charge on any atom is -0.464 e. The lowest BCUT2D eigenvalue weighted by Gasteiger charge is -2.07. The smallest absolute Gasteiger partial charge is 0.358 e. The molecule has 1 N–H and O–H groups in total. The van der Waals surface area contributed by atoms with E-state index in [1.54, 1.807) is 54.2 Å². The molecule has 0 aliphatic rings. The molecule has 1 aromatic carbocycles. The predicted octanol–water partition coefficient (Wildman–Crippen LogP) is 2.19. The van der Waals surface area contributed by atoms with E-state index < -0.39 is 11.5 Å². The molecule has 3 aromatic rings. The predicted molar refractivity (Wildman–Crippen MR) is 90.4 cm³/mol. The maximum absolute atomic E-state index is 11.9. The summed E-state index contributed by atoms with van der Waals surface area (Å²) in [5.41, 5.74) is 2.61. The Morgan fingerprint density at radius 2 is 2.00 bits per heavy atom. The molecule has 0 saturated carbocycles. The maximum Gasteiger partial charge on any atom is 0.358 e. The lowest BCUT2D eigenvalue weighted by molar-refractivity contribution is 0.0593. The molecule has 3 rings (SSSR count). The molecule has 124 valence electrons. The van der Waals surface area contributed by atoms with Crippen LogP contribution < -0.4 is 5.56 Å². The van der Waals surface area contributed by atoms with Crippen molar-refractivity contribution in [2.24, 2.45) is 0 Å². The average Bonchev–Trinajstić information content (AvgIpc) is 3.10. The number of nitrogens with zero attached hydrogens (tertiary/aromatic N) is 3. The van der Waals surface area contributed by atoms with E-state index in [0.29, 0.717) is 11.3 Å². The van der Waals surface area contributed by atoms with Gasteiger partial charge in [-0.1, -0.05) is 12.1 Å². The number of rotatable bonds is 3. The molecule has 0 fully saturated rings. The van der Waals surface area contributed by atoms with Crippen molar-refractivity contribution in [3.8, 4) is 22.9 Å². The van der Waals surface area contributed by atoms with Crippen molar-refractivity contribution in [2.75, 3.05) is 7.11 Å². The zero-order chi connectivity index (χ0) is 18.0. The normalized spacial score (nSPS) is 10.3. The quantitative estimate of drug-likeness (QED) is 0.740. The van der Waals surface area contributed by atoms with E-state index in [-0.39, 0.29) is 11.3 Å². The van der Waals surface area contributed by atoms with E-state index in [2.05, 4.69) is 14.8 Å². The third-order valence-corrected chi connectivity index (χ3v) is 3.71. The second-order valence-electron chi connectivity index (χ2n) is 5.37. The molecule has 0 radical (unpaired) electrons. The molecular formula is C18H14N4O3. The van der Waals surface area contributed by atoms with Gasteiger partial charge in [0.25, 0.3) is 5.56 Å². The van der Waals surface area contributed by atoms with Crippen LogP contribution in [0.2, 0.25) is 0 Å². The molecule has 0 atom stereocenters. The molecule has 0 saturated heterocycles. The number of ether oxygens (including phenoxy) is 1. The van der Waals surface area contributed by atoms with Crippen molar-refractivity contribution >= 4 is 5.97 Å². The van der Waals surface area contributed by atoms with E-state index in [1.165, 1.54) is 7.11 Å². The Bertz CT molecular complexity index is 1040. The highest BCUT2D eigenvalue weighted by molar-refractivity contribution is 5.87. The lowest BCUT2D eigenvalue weighted by Crippen LogP contribution is -2.12. The zero-order valence-electron chi connectivity index (χ0n) is 13.6.